The number of hydrogen-bond acceptors (Lipinski definition) is 6. The zero-order valence-electron chi connectivity index (χ0n) is 16.2. The summed E-state index contributed by atoms with van der Waals surface area (Å²) in [6.45, 7) is 7.28. The van der Waals surface area contributed by atoms with E-state index in [0.29, 0.717) is 10.6 Å². The van der Waals surface area contributed by atoms with Crippen LogP contribution in [0.1, 0.15) is 49.8 Å². The van der Waals surface area contributed by atoms with E-state index in [9.17, 15) is 9.59 Å². The molecule has 0 bridgehead atoms. The lowest BCUT2D eigenvalue weighted by molar-refractivity contribution is -0.123. The van der Waals surface area contributed by atoms with Crippen LogP contribution in [0.5, 0.6) is 0 Å². The zero-order valence-corrected chi connectivity index (χ0v) is 17.7. The summed E-state index contributed by atoms with van der Waals surface area (Å²) in [4.78, 5) is 28.6. The van der Waals surface area contributed by atoms with Gasteiger partial charge in [-0.25, -0.2) is 0 Å². The highest BCUT2D eigenvalue weighted by molar-refractivity contribution is 6.30. The molecule has 1 aromatic heterocycles. The summed E-state index contributed by atoms with van der Waals surface area (Å²) in [6, 6.07) is 6.00. The van der Waals surface area contributed by atoms with Crippen LogP contribution in [0.15, 0.2) is 28.8 Å². The summed E-state index contributed by atoms with van der Waals surface area (Å²) in [6.07, 6.45) is 0. The highest BCUT2D eigenvalue weighted by atomic mass is 35.5. The lowest BCUT2D eigenvalue weighted by Gasteiger charge is -2.22. The molecule has 0 aliphatic rings. The Morgan fingerprint density at radius 3 is 2.61 bits per heavy atom. The Balaban J connectivity index is 0.00000392. The fourth-order valence-electron chi connectivity index (χ4n) is 2.21. The van der Waals surface area contributed by atoms with Gasteiger partial charge in [0.1, 0.15) is 0 Å². The second kappa shape index (κ2) is 9.86. The van der Waals surface area contributed by atoms with E-state index in [1.54, 1.807) is 38.1 Å². The number of nitrogens with two attached hydrogens (primary N) is 1. The Bertz CT molecular complexity index is 823. The SMILES string of the molecule is CC(C)[C@H](N)C(=O)NCc1nc(C(C)(C)NC(=O)c2cccc(Cl)c2)no1.Cl. The molecule has 4 N–H and O–H groups in total. The number of hydrogen-bond donors (Lipinski definition) is 3. The fraction of sp³-hybridized carbons (Fsp3) is 0.444. The second-order valence-electron chi connectivity index (χ2n) is 7.09. The van der Waals surface area contributed by atoms with E-state index in [1.807, 2.05) is 13.8 Å². The largest absolute Gasteiger partial charge is 0.346 e. The molecular weight excluding hydrogens is 405 g/mol. The monoisotopic (exact) mass is 429 g/mol. The number of carbonyl (C=O) groups excluding carboxylic acids is 2. The van der Waals surface area contributed by atoms with Gasteiger partial charge in [0.15, 0.2) is 5.82 Å². The molecule has 0 unspecified atom stereocenters. The number of rotatable bonds is 7. The van der Waals surface area contributed by atoms with Crippen molar-refractivity contribution in [2.75, 3.05) is 0 Å². The van der Waals surface area contributed by atoms with Crippen LogP contribution in [0.2, 0.25) is 5.02 Å². The van der Waals surface area contributed by atoms with Gasteiger partial charge in [0, 0.05) is 10.6 Å². The summed E-state index contributed by atoms with van der Waals surface area (Å²) >= 11 is 5.92. The van der Waals surface area contributed by atoms with Crippen molar-refractivity contribution in [2.24, 2.45) is 11.7 Å². The third-order valence-electron chi connectivity index (χ3n) is 3.97. The van der Waals surface area contributed by atoms with Gasteiger partial charge in [0.2, 0.25) is 11.8 Å². The van der Waals surface area contributed by atoms with Crippen LogP contribution in [0, 0.1) is 5.92 Å². The van der Waals surface area contributed by atoms with E-state index < -0.39 is 11.6 Å². The van der Waals surface area contributed by atoms with E-state index in [-0.39, 0.29) is 48.4 Å². The van der Waals surface area contributed by atoms with E-state index in [1.165, 1.54) is 0 Å². The van der Waals surface area contributed by atoms with Crippen LogP contribution in [-0.2, 0) is 16.9 Å². The van der Waals surface area contributed by atoms with Gasteiger partial charge in [-0.15, -0.1) is 12.4 Å². The van der Waals surface area contributed by atoms with Crippen molar-refractivity contribution in [1.82, 2.24) is 20.8 Å². The Labute approximate surface area is 175 Å². The number of nitrogens with one attached hydrogen (secondary N) is 2. The van der Waals surface area contributed by atoms with E-state index in [0.717, 1.165) is 0 Å². The smallest absolute Gasteiger partial charge is 0.252 e. The first-order chi connectivity index (χ1) is 12.6. The fourth-order valence-corrected chi connectivity index (χ4v) is 2.40. The van der Waals surface area contributed by atoms with Gasteiger partial charge in [-0.2, -0.15) is 4.98 Å². The second-order valence-corrected chi connectivity index (χ2v) is 7.53. The molecule has 1 atom stereocenters. The van der Waals surface area contributed by atoms with Gasteiger partial charge in [-0.05, 0) is 38.0 Å². The average molecular weight is 430 g/mol. The van der Waals surface area contributed by atoms with Crippen molar-refractivity contribution in [1.29, 1.82) is 0 Å². The number of amides is 2. The van der Waals surface area contributed by atoms with Crippen molar-refractivity contribution in [3.05, 3.63) is 46.6 Å². The maximum atomic E-state index is 12.4. The van der Waals surface area contributed by atoms with Crippen LogP contribution in [-0.4, -0.2) is 28.0 Å². The first-order valence-corrected chi connectivity index (χ1v) is 8.92. The lowest BCUT2D eigenvalue weighted by atomic mass is 10.0. The number of aromatic nitrogens is 2. The van der Waals surface area contributed by atoms with Crippen molar-refractivity contribution < 1.29 is 14.1 Å². The summed E-state index contributed by atoms with van der Waals surface area (Å²) in [7, 11) is 0. The van der Waals surface area contributed by atoms with Crippen molar-refractivity contribution in [3.8, 4) is 0 Å². The van der Waals surface area contributed by atoms with E-state index in [4.69, 9.17) is 21.9 Å². The third kappa shape index (κ3) is 6.19. The maximum absolute atomic E-state index is 12.4. The van der Waals surface area contributed by atoms with Crippen molar-refractivity contribution >= 4 is 35.8 Å². The van der Waals surface area contributed by atoms with Crippen molar-refractivity contribution in [3.63, 3.8) is 0 Å². The minimum absolute atomic E-state index is 0. The summed E-state index contributed by atoms with van der Waals surface area (Å²) in [5.74, 6) is -0.0816. The molecule has 2 rings (SSSR count). The van der Waals surface area contributed by atoms with Crippen LogP contribution in [0.3, 0.4) is 0 Å². The van der Waals surface area contributed by atoms with Crippen LogP contribution >= 0.6 is 24.0 Å². The quantitative estimate of drug-likeness (QED) is 0.620. The van der Waals surface area contributed by atoms with Crippen LogP contribution in [0.25, 0.3) is 0 Å². The van der Waals surface area contributed by atoms with Gasteiger partial charge >= 0.3 is 0 Å². The zero-order chi connectivity index (χ0) is 20.2. The number of carbonyl (C=O) groups is 2. The molecule has 2 amide bonds. The van der Waals surface area contributed by atoms with Gasteiger partial charge in [0.25, 0.3) is 5.91 Å². The van der Waals surface area contributed by atoms with E-state index in [2.05, 4.69) is 20.8 Å². The highest BCUT2D eigenvalue weighted by Gasteiger charge is 2.29. The molecule has 0 saturated carbocycles. The average Bonchev–Trinajstić information content (AvgIpc) is 3.08. The lowest BCUT2D eigenvalue weighted by Crippen LogP contribution is -2.43. The molecule has 0 saturated heterocycles. The first-order valence-electron chi connectivity index (χ1n) is 8.54. The van der Waals surface area contributed by atoms with Crippen molar-refractivity contribution in [2.45, 2.75) is 45.8 Å². The summed E-state index contributed by atoms with van der Waals surface area (Å²) in [5, 5.41) is 9.86. The topological polar surface area (TPSA) is 123 Å². The molecule has 154 valence electrons. The standard InChI is InChI=1S/C18H24ClN5O3.ClH/c1-10(2)14(20)16(26)21-9-13-22-17(24-27-13)18(3,4)23-15(25)11-6-5-7-12(19)8-11;/h5-8,10,14H,9,20H2,1-4H3,(H,21,26)(H,23,25);1H/t14-;/m0./s1. The Kier molecular flexibility index (Phi) is 8.41. The first kappa shape index (κ1) is 23.9. The predicted molar refractivity (Wildman–Crippen MR) is 108 cm³/mol. The Morgan fingerprint density at radius 1 is 1.32 bits per heavy atom. The minimum atomic E-state index is -0.889. The Hall–Kier alpha value is -2.16. The third-order valence-corrected chi connectivity index (χ3v) is 4.21. The molecule has 0 aliphatic carbocycles. The molecule has 0 radical (unpaired) electrons. The number of halogens is 2. The molecule has 2 aromatic rings. The molecule has 8 nitrogen and oxygen atoms in total. The summed E-state index contributed by atoms with van der Waals surface area (Å²) < 4.78 is 5.16. The molecule has 10 heteroatoms. The van der Waals surface area contributed by atoms with Gasteiger partial charge < -0.3 is 20.9 Å². The Morgan fingerprint density at radius 2 is 2.00 bits per heavy atom. The molecule has 28 heavy (non-hydrogen) atoms. The summed E-state index contributed by atoms with van der Waals surface area (Å²) in [5.41, 5.74) is 5.32. The van der Waals surface area contributed by atoms with Gasteiger partial charge in [-0.3, -0.25) is 9.59 Å². The normalized spacial score (nSPS) is 12.2. The van der Waals surface area contributed by atoms with E-state index >= 15 is 0 Å². The molecule has 1 heterocycles. The van der Waals surface area contributed by atoms with Gasteiger partial charge in [0.05, 0.1) is 18.1 Å². The van der Waals surface area contributed by atoms with Crippen LogP contribution < -0.4 is 16.4 Å². The highest BCUT2D eigenvalue weighted by Crippen LogP contribution is 2.18. The maximum Gasteiger partial charge on any atom is 0.252 e. The number of benzene rings is 1. The molecular formula is C18H25Cl2N5O3. The molecule has 0 spiro atoms. The van der Waals surface area contributed by atoms with Gasteiger partial charge in [-0.1, -0.05) is 36.7 Å². The minimum Gasteiger partial charge on any atom is -0.346 e. The molecule has 0 aliphatic heterocycles. The van der Waals surface area contributed by atoms with Crippen LogP contribution in [0.4, 0.5) is 0 Å². The number of nitrogens with zero attached hydrogens (tertiary/aromatic N) is 2. The molecule has 1 aromatic carbocycles. The molecule has 0 fully saturated rings. The predicted octanol–water partition coefficient (Wildman–Crippen LogP) is 2.41.